The van der Waals surface area contributed by atoms with Crippen LogP contribution in [0, 0.1) is 0 Å². The highest BCUT2D eigenvalue weighted by atomic mass is 16.4. The number of carboxylic acid groups (broad SMARTS) is 2. The Kier molecular flexibility index (Phi) is 11.0. The molecule has 0 amide bonds. The van der Waals surface area contributed by atoms with E-state index in [1.54, 1.807) is 19.9 Å². The summed E-state index contributed by atoms with van der Waals surface area (Å²) in [5.74, 6) is -1.81. The van der Waals surface area contributed by atoms with E-state index in [1.807, 2.05) is 6.92 Å². The van der Waals surface area contributed by atoms with Gasteiger partial charge in [0.2, 0.25) is 0 Å². The normalized spacial score (nSPS) is 13.4. The van der Waals surface area contributed by atoms with Crippen molar-refractivity contribution in [2.75, 3.05) is 0 Å². The molecule has 18 heavy (non-hydrogen) atoms. The summed E-state index contributed by atoms with van der Waals surface area (Å²) >= 11 is 0. The van der Waals surface area contributed by atoms with E-state index in [4.69, 9.17) is 15.3 Å². The molecule has 0 radical (unpaired) electrons. The molecule has 3 N–H and O–H groups in total. The van der Waals surface area contributed by atoms with Crippen LogP contribution in [-0.2, 0) is 9.59 Å². The first-order valence-corrected chi connectivity index (χ1v) is 5.76. The van der Waals surface area contributed by atoms with Gasteiger partial charge in [-0.2, -0.15) is 0 Å². The molecule has 0 spiro atoms. The molecule has 0 bridgehead atoms. The molecule has 0 aliphatic heterocycles. The maximum Gasteiger partial charge on any atom is 0.331 e. The second-order valence-electron chi connectivity index (χ2n) is 3.73. The van der Waals surface area contributed by atoms with Crippen LogP contribution in [0.3, 0.4) is 0 Å². The lowest BCUT2D eigenvalue weighted by molar-refractivity contribution is -0.133. The standard InChI is InChI=1S/C7H12O3.C6H10O2/c1-3-6(8)4-5(2)7(9)10;1-3-4-5(2)6(7)8/h4,6,8H,3H2,1-2H3,(H,9,10);4H,3H2,1-2H3,(H,7,8). The maximum absolute atomic E-state index is 10.2. The lowest BCUT2D eigenvalue weighted by Gasteiger charge is -1.99. The molecule has 0 aromatic rings. The summed E-state index contributed by atoms with van der Waals surface area (Å²) < 4.78 is 0. The fourth-order valence-corrected chi connectivity index (χ4v) is 0.871. The van der Waals surface area contributed by atoms with Crippen molar-refractivity contribution < 1.29 is 24.9 Å². The van der Waals surface area contributed by atoms with Gasteiger partial charge in [0.1, 0.15) is 0 Å². The van der Waals surface area contributed by atoms with Crippen LogP contribution in [0.2, 0.25) is 0 Å². The van der Waals surface area contributed by atoms with Gasteiger partial charge >= 0.3 is 11.9 Å². The zero-order valence-corrected chi connectivity index (χ0v) is 11.3. The Morgan fingerprint density at radius 3 is 1.72 bits per heavy atom. The van der Waals surface area contributed by atoms with Gasteiger partial charge in [0, 0.05) is 11.1 Å². The number of aliphatic hydroxyl groups excluding tert-OH is 1. The summed E-state index contributed by atoms with van der Waals surface area (Å²) in [7, 11) is 0. The van der Waals surface area contributed by atoms with Crippen molar-refractivity contribution in [2.24, 2.45) is 0 Å². The monoisotopic (exact) mass is 258 g/mol. The fourth-order valence-electron chi connectivity index (χ4n) is 0.871. The van der Waals surface area contributed by atoms with E-state index in [9.17, 15) is 9.59 Å². The van der Waals surface area contributed by atoms with E-state index in [0.717, 1.165) is 6.42 Å². The molecule has 0 aliphatic carbocycles. The van der Waals surface area contributed by atoms with Crippen LogP contribution in [0.4, 0.5) is 0 Å². The Hall–Kier alpha value is -1.62. The molecule has 0 aromatic carbocycles. The maximum atomic E-state index is 10.2. The van der Waals surface area contributed by atoms with Gasteiger partial charge < -0.3 is 15.3 Å². The molecule has 0 saturated carbocycles. The van der Waals surface area contributed by atoms with Crippen LogP contribution in [0.25, 0.3) is 0 Å². The summed E-state index contributed by atoms with van der Waals surface area (Å²) in [6.45, 7) is 6.75. The third kappa shape index (κ3) is 10.9. The molecule has 104 valence electrons. The number of aliphatic hydroxyl groups is 1. The molecule has 5 nitrogen and oxygen atoms in total. The number of rotatable bonds is 5. The summed E-state index contributed by atoms with van der Waals surface area (Å²) in [5, 5.41) is 25.5. The first kappa shape index (κ1) is 18.7. The van der Waals surface area contributed by atoms with Crippen molar-refractivity contribution in [2.45, 2.75) is 46.6 Å². The fraction of sp³-hybridized carbons (Fsp3) is 0.538. The number of hydrogen-bond acceptors (Lipinski definition) is 3. The average Bonchev–Trinajstić information content (AvgIpc) is 2.29. The minimum atomic E-state index is -0.979. The minimum Gasteiger partial charge on any atom is -0.478 e. The van der Waals surface area contributed by atoms with E-state index in [2.05, 4.69) is 0 Å². The Labute approximate surface area is 107 Å². The van der Waals surface area contributed by atoms with Crippen molar-refractivity contribution in [1.29, 1.82) is 0 Å². The van der Waals surface area contributed by atoms with Crippen molar-refractivity contribution in [3.63, 3.8) is 0 Å². The third-order valence-corrected chi connectivity index (χ3v) is 2.05. The zero-order chi connectivity index (χ0) is 14.7. The van der Waals surface area contributed by atoms with Gasteiger partial charge in [-0.15, -0.1) is 0 Å². The van der Waals surface area contributed by atoms with Crippen LogP contribution in [-0.4, -0.2) is 33.4 Å². The number of aliphatic carboxylic acids is 2. The quantitative estimate of drug-likeness (QED) is 0.657. The highest BCUT2D eigenvalue weighted by Gasteiger charge is 2.02. The van der Waals surface area contributed by atoms with Crippen LogP contribution in [0.5, 0.6) is 0 Å². The summed E-state index contributed by atoms with van der Waals surface area (Å²) in [6, 6.07) is 0. The Balaban J connectivity index is 0. The topological polar surface area (TPSA) is 94.8 Å². The Bertz CT molecular complexity index is 328. The van der Waals surface area contributed by atoms with Crippen LogP contribution < -0.4 is 0 Å². The lowest BCUT2D eigenvalue weighted by atomic mass is 10.2. The summed E-state index contributed by atoms with van der Waals surface area (Å²) in [6.07, 6.45) is 3.73. The first-order chi connectivity index (χ1) is 8.26. The largest absolute Gasteiger partial charge is 0.478 e. The SMILES string of the molecule is CCC(O)C=C(C)C(=O)O.CCC=C(C)C(=O)O. The Morgan fingerprint density at radius 1 is 1.06 bits per heavy atom. The van der Waals surface area contributed by atoms with Crippen LogP contribution in [0.15, 0.2) is 23.3 Å². The molecule has 0 aliphatic rings. The van der Waals surface area contributed by atoms with Gasteiger partial charge in [-0.25, -0.2) is 9.59 Å². The number of allylic oxidation sites excluding steroid dienone is 1. The third-order valence-electron chi connectivity index (χ3n) is 2.05. The summed E-state index contributed by atoms with van der Waals surface area (Å²) in [5.41, 5.74) is 0.613. The number of carbonyl (C=O) groups is 2. The van der Waals surface area contributed by atoms with Gasteiger partial charge in [0.25, 0.3) is 0 Å². The Morgan fingerprint density at radius 2 is 1.50 bits per heavy atom. The van der Waals surface area contributed by atoms with E-state index in [-0.39, 0.29) is 5.57 Å². The first-order valence-electron chi connectivity index (χ1n) is 5.76. The van der Waals surface area contributed by atoms with Gasteiger partial charge in [-0.1, -0.05) is 19.9 Å². The van der Waals surface area contributed by atoms with Crippen molar-refractivity contribution in [1.82, 2.24) is 0 Å². The molecular formula is C13H22O5. The number of hydrogen-bond donors (Lipinski definition) is 3. The van der Waals surface area contributed by atoms with E-state index < -0.39 is 18.0 Å². The van der Waals surface area contributed by atoms with E-state index in [1.165, 1.54) is 13.0 Å². The average molecular weight is 258 g/mol. The predicted octanol–water partition coefficient (Wildman–Crippen LogP) is 2.22. The van der Waals surface area contributed by atoms with Gasteiger partial charge in [0.15, 0.2) is 0 Å². The van der Waals surface area contributed by atoms with Crippen molar-refractivity contribution in [3.05, 3.63) is 23.3 Å². The van der Waals surface area contributed by atoms with Crippen LogP contribution >= 0.6 is 0 Å². The minimum absolute atomic E-state index is 0.189. The molecule has 0 saturated heterocycles. The number of carboxylic acids is 2. The van der Waals surface area contributed by atoms with Crippen molar-refractivity contribution in [3.8, 4) is 0 Å². The van der Waals surface area contributed by atoms with Crippen LogP contribution in [0.1, 0.15) is 40.5 Å². The van der Waals surface area contributed by atoms with Crippen molar-refractivity contribution >= 4 is 11.9 Å². The molecule has 0 aromatic heterocycles. The second-order valence-corrected chi connectivity index (χ2v) is 3.73. The predicted molar refractivity (Wildman–Crippen MR) is 69.4 cm³/mol. The molecular weight excluding hydrogens is 236 g/mol. The smallest absolute Gasteiger partial charge is 0.331 e. The second kappa shape index (κ2) is 10.5. The van der Waals surface area contributed by atoms with Gasteiger partial charge in [-0.05, 0) is 32.8 Å². The molecule has 5 heteroatoms. The zero-order valence-electron chi connectivity index (χ0n) is 11.3. The lowest BCUT2D eigenvalue weighted by Crippen LogP contribution is -2.04. The van der Waals surface area contributed by atoms with Gasteiger partial charge in [-0.3, -0.25) is 0 Å². The molecule has 0 heterocycles. The summed E-state index contributed by atoms with van der Waals surface area (Å²) in [4.78, 5) is 20.2. The van der Waals surface area contributed by atoms with E-state index in [0.29, 0.717) is 12.0 Å². The molecule has 1 unspecified atom stereocenters. The molecule has 1 atom stereocenters. The molecule has 0 fully saturated rings. The van der Waals surface area contributed by atoms with E-state index >= 15 is 0 Å². The highest BCUT2D eigenvalue weighted by molar-refractivity contribution is 5.86. The highest BCUT2D eigenvalue weighted by Crippen LogP contribution is 1.98. The molecule has 0 rings (SSSR count). The van der Waals surface area contributed by atoms with Gasteiger partial charge in [0.05, 0.1) is 6.10 Å².